The van der Waals surface area contributed by atoms with E-state index in [2.05, 4.69) is 9.97 Å². The first-order valence-electron chi connectivity index (χ1n) is 3.93. The molecule has 13 heavy (non-hydrogen) atoms. The van der Waals surface area contributed by atoms with Crippen molar-refractivity contribution in [1.82, 2.24) is 9.97 Å². The smallest absolute Gasteiger partial charge is 0.115 e. The molecule has 3 nitrogen and oxygen atoms in total. The van der Waals surface area contributed by atoms with E-state index in [-0.39, 0.29) is 6.04 Å². The summed E-state index contributed by atoms with van der Waals surface area (Å²) >= 11 is 1.64. The second-order valence-corrected chi connectivity index (χ2v) is 3.61. The molecular weight excluding hydrogens is 182 g/mol. The van der Waals surface area contributed by atoms with Crippen LogP contribution in [0, 0.1) is 0 Å². The van der Waals surface area contributed by atoms with Gasteiger partial charge in [0.15, 0.2) is 0 Å². The fourth-order valence-corrected chi connectivity index (χ4v) is 1.84. The maximum atomic E-state index is 5.98. The normalized spacial score (nSPS) is 12.7. The molecule has 0 amide bonds. The molecule has 2 N–H and O–H groups in total. The summed E-state index contributed by atoms with van der Waals surface area (Å²) in [5, 5.41) is 2.01. The molecule has 0 bridgehead atoms. The SMILES string of the molecule is NC(c1ccncn1)c1cccs1. The van der Waals surface area contributed by atoms with Crippen molar-refractivity contribution in [3.05, 3.63) is 46.7 Å². The maximum absolute atomic E-state index is 5.98. The minimum absolute atomic E-state index is 0.122. The van der Waals surface area contributed by atoms with Gasteiger partial charge in [-0.05, 0) is 17.5 Å². The van der Waals surface area contributed by atoms with E-state index in [1.54, 1.807) is 17.5 Å². The average Bonchev–Trinajstić information content (AvgIpc) is 2.71. The maximum Gasteiger partial charge on any atom is 0.115 e. The van der Waals surface area contributed by atoms with Gasteiger partial charge in [-0.3, -0.25) is 0 Å². The first-order chi connectivity index (χ1) is 6.38. The molecule has 0 saturated heterocycles. The van der Waals surface area contributed by atoms with E-state index in [1.165, 1.54) is 6.33 Å². The first kappa shape index (κ1) is 8.34. The molecule has 0 radical (unpaired) electrons. The summed E-state index contributed by atoms with van der Waals surface area (Å²) in [4.78, 5) is 9.07. The van der Waals surface area contributed by atoms with Crippen molar-refractivity contribution in [2.45, 2.75) is 6.04 Å². The van der Waals surface area contributed by atoms with E-state index in [9.17, 15) is 0 Å². The van der Waals surface area contributed by atoms with E-state index >= 15 is 0 Å². The van der Waals surface area contributed by atoms with Crippen molar-refractivity contribution in [1.29, 1.82) is 0 Å². The second-order valence-electron chi connectivity index (χ2n) is 2.63. The Hall–Kier alpha value is -1.26. The van der Waals surface area contributed by atoms with Crippen LogP contribution in [0.2, 0.25) is 0 Å². The minimum atomic E-state index is -0.122. The molecule has 0 fully saturated rings. The van der Waals surface area contributed by atoms with Gasteiger partial charge in [-0.15, -0.1) is 11.3 Å². The van der Waals surface area contributed by atoms with Crippen LogP contribution in [0.4, 0.5) is 0 Å². The van der Waals surface area contributed by atoms with Gasteiger partial charge in [0.05, 0.1) is 11.7 Å². The van der Waals surface area contributed by atoms with Gasteiger partial charge < -0.3 is 5.73 Å². The van der Waals surface area contributed by atoms with E-state index in [0.717, 1.165) is 10.6 Å². The molecule has 1 unspecified atom stereocenters. The number of nitrogens with zero attached hydrogens (tertiary/aromatic N) is 2. The lowest BCUT2D eigenvalue weighted by Gasteiger charge is -2.07. The van der Waals surface area contributed by atoms with Crippen molar-refractivity contribution in [2.75, 3.05) is 0 Å². The van der Waals surface area contributed by atoms with Crippen molar-refractivity contribution in [3.8, 4) is 0 Å². The summed E-state index contributed by atoms with van der Waals surface area (Å²) in [5.74, 6) is 0. The molecular formula is C9H9N3S. The van der Waals surface area contributed by atoms with E-state index in [0.29, 0.717) is 0 Å². The van der Waals surface area contributed by atoms with Crippen molar-refractivity contribution in [3.63, 3.8) is 0 Å². The zero-order valence-electron chi connectivity index (χ0n) is 6.92. The lowest BCUT2D eigenvalue weighted by atomic mass is 10.2. The monoisotopic (exact) mass is 191 g/mol. The fraction of sp³-hybridized carbons (Fsp3) is 0.111. The van der Waals surface area contributed by atoms with Crippen LogP contribution in [0.25, 0.3) is 0 Å². The molecule has 0 saturated carbocycles. The summed E-state index contributed by atoms with van der Waals surface area (Å²) < 4.78 is 0. The zero-order chi connectivity index (χ0) is 9.10. The number of aromatic nitrogens is 2. The molecule has 0 aliphatic rings. The van der Waals surface area contributed by atoms with Gasteiger partial charge in [-0.25, -0.2) is 9.97 Å². The van der Waals surface area contributed by atoms with Crippen LogP contribution < -0.4 is 5.73 Å². The molecule has 0 aromatic carbocycles. The molecule has 4 heteroatoms. The largest absolute Gasteiger partial charge is 0.318 e. The van der Waals surface area contributed by atoms with Crippen LogP contribution in [0.1, 0.15) is 16.6 Å². The topological polar surface area (TPSA) is 51.8 Å². The third-order valence-electron chi connectivity index (χ3n) is 1.77. The summed E-state index contributed by atoms with van der Waals surface area (Å²) in [6, 6.07) is 5.71. The van der Waals surface area contributed by atoms with Crippen LogP contribution in [-0.2, 0) is 0 Å². The van der Waals surface area contributed by atoms with Crippen LogP contribution >= 0.6 is 11.3 Å². The molecule has 0 aliphatic heterocycles. The predicted octanol–water partition coefficient (Wildman–Crippen LogP) is 1.59. The predicted molar refractivity (Wildman–Crippen MR) is 52.4 cm³/mol. The second kappa shape index (κ2) is 3.64. The zero-order valence-corrected chi connectivity index (χ0v) is 7.74. The first-order valence-corrected chi connectivity index (χ1v) is 4.81. The summed E-state index contributed by atoms with van der Waals surface area (Å²) in [7, 11) is 0. The third kappa shape index (κ3) is 1.74. The highest BCUT2D eigenvalue weighted by Gasteiger charge is 2.09. The van der Waals surface area contributed by atoms with Gasteiger partial charge in [0.2, 0.25) is 0 Å². The van der Waals surface area contributed by atoms with E-state index in [1.807, 2.05) is 23.6 Å². The molecule has 2 heterocycles. The van der Waals surface area contributed by atoms with Gasteiger partial charge in [0.1, 0.15) is 6.33 Å². The molecule has 2 rings (SSSR count). The highest BCUT2D eigenvalue weighted by molar-refractivity contribution is 7.10. The Morgan fingerprint density at radius 1 is 1.38 bits per heavy atom. The highest BCUT2D eigenvalue weighted by Crippen LogP contribution is 2.21. The summed E-state index contributed by atoms with van der Waals surface area (Å²) in [5.41, 5.74) is 6.84. The molecule has 66 valence electrons. The lowest BCUT2D eigenvalue weighted by molar-refractivity contribution is 0.836. The minimum Gasteiger partial charge on any atom is -0.318 e. The Bertz CT molecular complexity index is 358. The summed E-state index contributed by atoms with van der Waals surface area (Å²) in [6.45, 7) is 0. The molecule has 0 aliphatic carbocycles. The van der Waals surface area contributed by atoms with E-state index < -0.39 is 0 Å². The lowest BCUT2D eigenvalue weighted by Crippen LogP contribution is -2.11. The molecule has 1 atom stereocenters. The van der Waals surface area contributed by atoms with Gasteiger partial charge in [-0.2, -0.15) is 0 Å². The Morgan fingerprint density at radius 2 is 2.31 bits per heavy atom. The average molecular weight is 191 g/mol. The van der Waals surface area contributed by atoms with E-state index in [4.69, 9.17) is 5.73 Å². The Balaban J connectivity index is 2.29. The van der Waals surface area contributed by atoms with Crippen LogP contribution in [-0.4, -0.2) is 9.97 Å². The van der Waals surface area contributed by atoms with Gasteiger partial charge in [0, 0.05) is 11.1 Å². The molecule has 0 spiro atoms. The Kier molecular flexibility index (Phi) is 2.33. The number of nitrogens with two attached hydrogens (primary N) is 1. The number of hydrogen-bond acceptors (Lipinski definition) is 4. The summed E-state index contributed by atoms with van der Waals surface area (Å²) in [6.07, 6.45) is 3.22. The van der Waals surface area contributed by atoms with Gasteiger partial charge in [0.25, 0.3) is 0 Å². The van der Waals surface area contributed by atoms with Crippen LogP contribution in [0.15, 0.2) is 36.1 Å². The van der Waals surface area contributed by atoms with Gasteiger partial charge in [-0.1, -0.05) is 6.07 Å². The molecule has 2 aromatic heterocycles. The van der Waals surface area contributed by atoms with Crippen LogP contribution in [0.3, 0.4) is 0 Å². The Labute approximate surface area is 80.3 Å². The Morgan fingerprint density at radius 3 is 2.92 bits per heavy atom. The fourth-order valence-electron chi connectivity index (χ4n) is 1.10. The number of rotatable bonds is 2. The third-order valence-corrected chi connectivity index (χ3v) is 2.73. The number of hydrogen-bond donors (Lipinski definition) is 1. The highest BCUT2D eigenvalue weighted by atomic mass is 32.1. The van der Waals surface area contributed by atoms with Gasteiger partial charge >= 0.3 is 0 Å². The van der Waals surface area contributed by atoms with Crippen LogP contribution in [0.5, 0.6) is 0 Å². The quantitative estimate of drug-likeness (QED) is 0.784. The van der Waals surface area contributed by atoms with Crippen molar-refractivity contribution < 1.29 is 0 Å². The standard InChI is InChI=1S/C9H9N3S/c10-9(8-2-1-5-13-8)7-3-4-11-6-12-7/h1-6,9H,10H2. The van der Waals surface area contributed by atoms with Crippen molar-refractivity contribution in [2.24, 2.45) is 5.73 Å². The van der Waals surface area contributed by atoms with Crippen molar-refractivity contribution >= 4 is 11.3 Å². The number of thiophene rings is 1. The molecule has 2 aromatic rings.